The summed E-state index contributed by atoms with van der Waals surface area (Å²) in [6, 6.07) is 12.6. The largest absolute Gasteiger partial charge is 0.282 e. The van der Waals surface area contributed by atoms with E-state index in [1.54, 1.807) is 24.3 Å². The topological polar surface area (TPSA) is 57.7 Å². The van der Waals surface area contributed by atoms with Crippen LogP contribution in [0.2, 0.25) is 30.1 Å². The number of imide groups is 1. The minimum atomic E-state index is -0.864. The molecule has 0 N–H and O–H groups in total. The first-order chi connectivity index (χ1) is 15.6. The van der Waals surface area contributed by atoms with E-state index in [1.807, 2.05) is 0 Å². The van der Waals surface area contributed by atoms with Crippen LogP contribution < -0.4 is 0 Å². The van der Waals surface area contributed by atoms with Crippen molar-refractivity contribution >= 4 is 87.3 Å². The molecule has 3 aromatic rings. The minimum Gasteiger partial charge on any atom is -0.267 e. The highest BCUT2D eigenvalue weighted by molar-refractivity contribution is 6.55. The number of carbonyl (C=O) groups excluding carboxylic acids is 3. The number of rotatable bonds is 4. The molecule has 3 amide bonds. The Kier molecular flexibility index (Phi) is 6.83. The molecule has 0 atom stereocenters. The van der Waals surface area contributed by atoms with Crippen molar-refractivity contribution in [2.45, 2.75) is 6.54 Å². The predicted molar refractivity (Wildman–Crippen MR) is 130 cm³/mol. The molecule has 11 heteroatoms. The number of halogens is 6. The lowest BCUT2D eigenvalue weighted by molar-refractivity contribution is 0.000880. The third-order valence-electron chi connectivity index (χ3n) is 4.89. The zero-order valence-corrected chi connectivity index (χ0v) is 20.7. The van der Waals surface area contributed by atoms with Crippen LogP contribution in [0.15, 0.2) is 48.5 Å². The Balaban J connectivity index is 1.83. The molecule has 0 saturated heterocycles. The van der Waals surface area contributed by atoms with Crippen LogP contribution in [0.4, 0.5) is 0 Å². The molecule has 4 rings (SSSR count). The van der Waals surface area contributed by atoms with E-state index in [4.69, 9.17) is 69.6 Å². The van der Waals surface area contributed by atoms with Gasteiger partial charge in [0.2, 0.25) is 0 Å². The molecule has 33 heavy (non-hydrogen) atoms. The van der Waals surface area contributed by atoms with Gasteiger partial charge < -0.3 is 0 Å². The molecular weight excluding hydrogens is 553 g/mol. The summed E-state index contributed by atoms with van der Waals surface area (Å²) in [6.07, 6.45) is 0. The van der Waals surface area contributed by atoms with Gasteiger partial charge in [0, 0.05) is 15.6 Å². The van der Waals surface area contributed by atoms with Crippen LogP contribution in [0.25, 0.3) is 0 Å². The standard InChI is InChI=1S/C22H10Cl6N2O3/c23-12-5-1-10(2-6-12)9-29(20(31)11-3-7-13(24)8-4-11)30-21(32)14-15(22(30)33)17(26)19(28)18(27)16(14)25/h1-8H,9H2. The highest BCUT2D eigenvalue weighted by atomic mass is 35.5. The Morgan fingerprint density at radius 2 is 1.09 bits per heavy atom. The minimum absolute atomic E-state index is 0.138. The van der Waals surface area contributed by atoms with E-state index < -0.39 is 17.7 Å². The molecule has 1 aliphatic rings. The summed E-state index contributed by atoms with van der Waals surface area (Å²) >= 11 is 36.5. The molecule has 0 aliphatic carbocycles. The fourth-order valence-electron chi connectivity index (χ4n) is 3.29. The number of benzene rings is 3. The second kappa shape index (κ2) is 9.34. The molecule has 5 nitrogen and oxygen atoms in total. The maximum absolute atomic E-state index is 13.5. The summed E-state index contributed by atoms with van der Waals surface area (Å²) < 4.78 is 0. The lowest BCUT2D eigenvalue weighted by atomic mass is 10.1. The highest BCUT2D eigenvalue weighted by Crippen LogP contribution is 2.45. The van der Waals surface area contributed by atoms with Gasteiger partial charge in [-0.2, -0.15) is 5.01 Å². The smallest absolute Gasteiger partial charge is 0.267 e. The Labute approximate surface area is 218 Å². The van der Waals surface area contributed by atoms with E-state index in [2.05, 4.69) is 0 Å². The molecule has 0 aromatic heterocycles. The van der Waals surface area contributed by atoms with Crippen LogP contribution in [0.5, 0.6) is 0 Å². The molecule has 1 heterocycles. The van der Waals surface area contributed by atoms with Gasteiger partial charge in [0.05, 0.1) is 37.8 Å². The van der Waals surface area contributed by atoms with E-state index in [1.165, 1.54) is 24.3 Å². The Bertz CT molecular complexity index is 1260. The van der Waals surface area contributed by atoms with Crippen LogP contribution in [-0.4, -0.2) is 27.7 Å². The van der Waals surface area contributed by atoms with E-state index >= 15 is 0 Å². The van der Waals surface area contributed by atoms with Crippen LogP contribution in [0.3, 0.4) is 0 Å². The Hall–Kier alpha value is -1.99. The molecule has 0 unspecified atom stereocenters. The van der Waals surface area contributed by atoms with Gasteiger partial charge in [-0.25, -0.2) is 5.01 Å². The van der Waals surface area contributed by atoms with E-state index in [9.17, 15) is 14.4 Å². The van der Waals surface area contributed by atoms with Gasteiger partial charge in [-0.15, -0.1) is 0 Å². The van der Waals surface area contributed by atoms with Gasteiger partial charge in [-0.3, -0.25) is 14.4 Å². The molecule has 168 valence electrons. The van der Waals surface area contributed by atoms with Gasteiger partial charge in [-0.1, -0.05) is 81.7 Å². The fraction of sp³-hybridized carbons (Fsp3) is 0.0455. The first-order valence-electron chi connectivity index (χ1n) is 9.18. The van der Waals surface area contributed by atoms with Crippen LogP contribution in [0.1, 0.15) is 36.6 Å². The third kappa shape index (κ3) is 4.30. The van der Waals surface area contributed by atoms with Crippen molar-refractivity contribution in [3.05, 3.63) is 101 Å². The zero-order chi connectivity index (χ0) is 24.0. The molecule has 0 fully saturated rings. The SMILES string of the molecule is O=C(c1ccc(Cl)cc1)N(Cc1ccc(Cl)cc1)N1C(=O)c2c(Cl)c(Cl)c(Cl)c(Cl)c2C1=O. The number of hydrogen-bond donors (Lipinski definition) is 0. The van der Waals surface area contributed by atoms with Crippen molar-refractivity contribution in [1.29, 1.82) is 0 Å². The number of hydrazine groups is 1. The van der Waals surface area contributed by atoms with Gasteiger partial charge in [0.15, 0.2) is 0 Å². The lowest BCUT2D eigenvalue weighted by Gasteiger charge is -2.30. The number of fused-ring (bicyclic) bond motifs is 1. The maximum Gasteiger partial charge on any atom is 0.282 e. The average molecular weight is 563 g/mol. The van der Waals surface area contributed by atoms with Crippen molar-refractivity contribution in [2.24, 2.45) is 0 Å². The van der Waals surface area contributed by atoms with E-state index in [-0.39, 0.29) is 43.3 Å². The van der Waals surface area contributed by atoms with Crippen molar-refractivity contribution in [3.8, 4) is 0 Å². The molecule has 0 radical (unpaired) electrons. The highest BCUT2D eigenvalue weighted by Gasteiger charge is 2.46. The second-order valence-corrected chi connectivity index (χ2v) is 9.31. The predicted octanol–water partition coefficient (Wildman–Crippen LogP) is 7.46. The summed E-state index contributed by atoms with van der Waals surface area (Å²) in [7, 11) is 0. The number of hydrogen-bond acceptors (Lipinski definition) is 3. The maximum atomic E-state index is 13.5. The monoisotopic (exact) mass is 560 g/mol. The van der Waals surface area contributed by atoms with Crippen molar-refractivity contribution in [1.82, 2.24) is 10.0 Å². The van der Waals surface area contributed by atoms with Crippen LogP contribution >= 0.6 is 69.6 Å². The summed E-state index contributed by atoms with van der Waals surface area (Å²) in [5, 5.41) is 1.78. The van der Waals surface area contributed by atoms with Gasteiger partial charge >= 0.3 is 0 Å². The Morgan fingerprint density at radius 3 is 1.55 bits per heavy atom. The normalized spacial score (nSPS) is 12.8. The molecule has 0 bridgehead atoms. The van der Waals surface area contributed by atoms with Crippen LogP contribution in [-0.2, 0) is 6.54 Å². The molecular formula is C22H10Cl6N2O3. The molecule has 0 saturated carbocycles. The number of amides is 3. The second-order valence-electron chi connectivity index (χ2n) is 6.92. The average Bonchev–Trinajstić information content (AvgIpc) is 3.06. The van der Waals surface area contributed by atoms with Crippen molar-refractivity contribution < 1.29 is 14.4 Å². The number of nitrogens with zero attached hydrogens (tertiary/aromatic N) is 2. The van der Waals surface area contributed by atoms with Gasteiger partial charge in [-0.05, 0) is 42.0 Å². The number of carbonyl (C=O) groups is 3. The fourth-order valence-corrected chi connectivity index (χ4v) is 4.56. The lowest BCUT2D eigenvalue weighted by Crippen LogP contribution is -2.49. The van der Waals surface area contributed by atoms with E-state index in [0.29, 0.717) is 20.6 Å². The zero-order valence-electron chi connectivity index (χ0n) is 16.2. The van der Waals surface area contributed by atoms with Crippen LogP contribution in [0, 0.1) is 0 Å². The van der Waals surface area contributed by atoms with Crippen molar-refractivity contribution in [2.75, 3.05) is 0 Å². The molecule has 1 aliphatic heterocycles. The summed E-state index contributed by atoms with van der Waals surface area (Å²) in [6.45, 7) is -0.138. The van der Waals surface area contributed by atoms with E-state index in [0.717, 1.165) is 5.01 Å². The van der Waals surface area contributed by atoms with Gasteiger partial charge in [0.1, 0.15) is 0 Å². The summed E-state index contributed by atoms with van der Waals surface area (Å²) in [5.74, 6) is -2.37. The summed E-state index contributed by atoms with van der Waals surface area (Å²) in [4.78, 5) is 40.1. The van der Waals surface area contributed by atoms with Gasteiger partial charge in [0.25, 0.3) is 17.7 Å². The molecule has 3 aromatic carbocycles. The van der Waals surface area contributed by atoms with Crippen molar-refractivity contribution in [3.63, 3.8) is 0 Å². The first kappa shape index (κ1) is 24.1. The third-order valence-corrected chi connectivity index (χ3v) is 7.20. The molecule has 0 spiro atoms. The first-order valence-corrected chi connectivity index (χ1v) is 11.4. The quantitative estimate of drug-likeness (QED) is 0.188. The Morgan fingerprint density at radius 1 is 0.667 bits per heavy atom. The summed E-state index contributed by atoms with van der Waals surface area (Å²) in [5.41, 5.74) is 0.335.